The van der Waals surface area contributed by atoms with Crippen LogP contribution in [-0.2, 0) is 4.79 Å². The van der Waals surface area contributed by atoms with Crippen LogP contribution in [0.2, 0.25) is 0 Å². The number of furan rings is 1. The summed E-state index contributed by atoms with van der Waals surface area (Å²) in [5, 5.41) is 16.5. The number of nitrogens with one attached hydrogen (secondary N) is 2. The Hall–Kier alpha value is -4.50. The number of carbonyl (C=O) groups is 2. The van der Waals surface area contributed by atoms with Crippen LogP contribution in [0.1, 0.15) is 53.3 Å². The van der Waals surface area contributed by atoms with E-state index in [4.69, 9.17) is 16.6 Å². The molecule has 1 aliphatic rings. The number of pyridine rings is 1. The van der Waals surface area contributed by atoms with Crippen molar-refractivity contribution in [2.24, 2.45) is 5.92 Å². The lowest BCUT2D eigenvalue weighted by molar-refractivity contribution is -0.118. The maximum Gasteiger partial charge on any atom is 0.336 e. The molecule has 0 aliphatic carbocycles. The van der Waals surface area contributed by atoms with Gasteiger partial charge in [-0.2, -0.15) is 0 Å². The second-order valence-corrected chi connectivity index (χ2v) is 10.1. The molecule has 39 heavy (non-hydrogen) atoms. The number of anilines is 2. The van der Waals surface area contributed by atoms with Crippen LogP contribution in [0.4, 0.5) is 11.4 Å². The van der Waals surface area contributed by atoms with Gasteiger partial charge < -0.3 is 25.1 Å². The van der Waals surface area contributed by atoms with E-state index in [1.165, 1.54) is 0 Å². The molecule has 3 N–H and O–H groups in total. The summed E-state index contributed by atoms with van der Waals surface area (Å²) in [6, 6.07) is 21.1. The third-order valence-electron chi connectivity index (χ3n) is 6.71. The van der Waals surface area contributed by atoms with Crippen molar-refractivity contribution in [1.82, 2.24) is 10.3 Å². The normalized spacial score (nSPS) is 16.8. The fourth-order valence-electron chi connectivity index (χ4n) is 4.68. The van der Waals surface area contributed by atoms with E-state index in [0.717, 1.165) is 22.6 Å². The van der Waals surface area contributed by atoms with Gasteiger partial charge in [0.05, 0.1) is 17.3 Å². The molecule has 2 aromatic carbocycles. The molecule has 1 saturated heterocycles. The Morgan fingerprint density at radius 3 is 2.54 bits per heavy atom. The van der Waals surface area contributed by atoms with Gasteiger partial charge in [0.15, 0.2) is 5.11 Å². The molecule has 8 nitrogen and oxygen atoms in total. The second kappa shape index (κ2) is 10.7. The summed E-state index contributed by atoms with van der Waals surface area (Å²) in [5.74, 6) is -0.170. The first-order valence-corrected chi connectivity index (χ1v) is 13.0. The van der Waals surface area contributed by atoms with E-state index in [9.17, 15) is 14.7 Å². The van der Waals surface area contributed by atoms with Crippen molar-refractivity contribution in [3.05, 3.63) is 102 Å². The van der Waals surface area contributed by atoms with Crippen LogP contribution < -0.4 is 15.5 Å². The number of hydrogen-bond acceptors (Lipinski definition) is 5. The summed E-state index contributed by atoms with van der Waals surface area (Å²) < 4.78 is 6.34. The Morgan fingerprint density at radius 2 is 1.85 bits per heavy atom. The molecule has 9 heteroatoms. The highest BCUT2D eigenvalue weighted by Gasteiger charge is 2.42. The lowest BCUT2D eigenvalue weighted by Gasteiger charge is -2.27. The van der Waals surface area contributed by atoms with Crippen molar-refractivity contribution in [1.29, 1.82) is 0 Å². The molecule has 4 aromatic rings. The van der Waals surface area contributed by atoms with Crippen molar-refractivity contribution in [2.75, 3.05) is 10.2 Å². The van der Waals surface area contributed by atoms with Gasteiger partial charge >= 0.3 is 5.97 Å². The number of rotatable bonds is 7. The molecule has 198 valence electrons. The lowest BCUT2D eigenvalue weighted by Crippen LogP contribution is -2.29. The van der Waals surface area contributed by atoms with Crippen LogP contribution in [0.15, 0.2) is 83.4 Å². The number of benzene rings is 2. The fraction of sp³-hybridized carbons (Fsp3) is 0.200. The number of nitrogens with zero attached hydrogens (tertiary/aromatic N) is 2. The molecule has 1 aliphatic heterocycles. The van der Waals surface area contributed by atoms with Crippen LogP contribution in [0, 0.1) is 12.8 Å². The van der Waals surface area contributed by atoms with Crippen molar-refractivity contribution in [3.63, 3.8) is 0 Å². The van der Waals surface area contributed by atoms with Gasteiger partial charge in [-0.25, -0.2) is 4.79 Å². The zero-order valence-electron chi connectivity index (χ0n) is 21.7. The molecule has 3 heterocycles. The van der Waals surface area contributed by atoms with Crippen molar-refractivity contribution in [2.45, 2.75) is 32.9 Å². The van der Waals surface area contributed by atoms with Crippen molar-refractivity contribution < 1.29 is 19.1 Å². The Labute approximate surface area is 231 Å². The molecule has 1 fully saturated rings. The lowest BCUT2D eigenvalue weighted by atomic mass is 10.0. The molecule has 2 aromatic heterocycles. The number of carboxylic acids is 1. The van der Waals surface area contributed by atoms with E-state index in [2.05, 4.69) is 15.6 Å². The number of aromatic nitrogens is 1. The Morgan fingerprint density at radius 1 is 1.08 bits per heavy atom. The summed E-state index contributed by atoms with van der Waals surface area (Å²) >= 11 is 5.81. The number of aryl methyl sites for hydroxylation is 1. The molecule has 2 unspecified atom stereocenters. The predicted octanol–water partition coefficient (Wildman–Crippen LogP) is 6.12. The third-order valence-corrected chi connectivity index (χ3v) is 7.02. The van der Waals surface area contributed by atoms with Crippen LogP contribution in [-0.4, -0.2) is 27.1 Å². The summed E-state index contributed by atoms with van der Waals surface area (Å²) in [7, 11) is 0. The standard InChI is InChI=1S/C30H28N4O4S/c1-17(2)28(35)32-22-12-11-19(16-18(22)3)34-27(26(33-30(34)39)23-10-6-7-15-31-23)25-14-13-24(38-25)20-8-4-5-9-21(20)29(36)37/h4-17,26-27H,1-3H3,(H,32,35)(H,33,39)(H,36,37). The molecule has 5 rings (SSSR count). The predicted molar refractivity (Wildman–Crippen MR) is 154 cm³/mol. The zero-order valence-corrected chi connectivity index (χ0v) is 22.5. The molecule has 0 spiro atoms. The summed E-state index contributed by atoms with van der Waals surface area (Å²) in [4.78, 5) is 30.6. The quantitative estimate of drug-likeness (QED) is 0.241. The highest BCUT2D eigenvalue weighted by Crippen LogP contribution is 2.43. The number of amides is 1. The van der Waals surface area contributed by atoms with E-state index in [0.29, 0.717) is 22.2 Å². The molecule has 0 saturated carbocycles. The van der Waals surface area contributed by atoms with Gasteiger partial charge in [-0.1, -0.05) is 38.1 Å². The van der Waals surface area contributed by atoms with Crippen molar-refractivity contribution >= 4 is 40.6 Å². The average molecular weight is 541 g/mol. The summed E-state index contributed by atoms with van der Waals surface area (Å²) in [6.45, 7) is 5.63. The van der Waals surface area contributed by atoms with Gasteiger partial charge in [-0.05, 0) is 73.2 Å². The zero-order chi connectivity index (χ0) is 27.7. The Kier molecular flexibility index (Phi) is 7.17. The smallest absolute Gasteiger partial charge is 0.336 e. The van der Waals surface area contributed by atoms with Gasteiger partial charge in [0, 0.05) is 29.1 Å². The summed E-state index contributed by atoms with van der Waals surface area (Å²) in [5.41, 5.74) is 3.88. The number of thiocarbonyl (C=S) groups is 1. The minimum Gasteiger partial charge on any atom is -0.478 e. The molecular formula is C30H28N4O4S. The van der Waals surface area contributed by atoms with Gasteiger partial charge in [0.1, 0.15) is 17.6 Å². The highest BCUT2D eigenvalue weighted by atomic mass is 32.1. The first kappa shape index (κ1) is 26.1. The topological polar surface area (TPSA) is 108 Å². The van der Waals surface area contributed by atoms with E-state index in [-0.39, 0.29) is 23.4 Å². The minimum atomic E-state index is -1.03. The van der Waals surface area contributed by atoms with E-state index < -0.39 is 12.0 Å². The second-order valence-electron chi connectivity index (χ2n) is 9.69. The Bertz CT molecular complexity index is 1550. The number of hydrogen-bond donors (Lipinski definition) is 3. The monoisotopic (exact) mass is 540 g/mol. The summed E-state index contributed by atoms with van der Waals surface area (Å²) in [6.07, 6.45) is 1.73. The number of aromatic carboxylic acids is 1. The maximum atomic E-state index is 12.3. The van der Waals surface area contributed by atoms with E-state index >= 15 is 0 Å². The number of carboxylic acid groups (broad SMARTS) is 1. The van der Waals surface area contributed by atoms with E-state index in [1.54, 1.807) is 36.5 Å². The van der Waals surface area contributed by atoms with Crippen molar-refractivity contribution in [3.8, 4) is 11.3 Å². The first-order valence-electron chi connectivity index (χ1n) is 12.6. The van der Waals surface area contributed by atoms with Gasteiger partial charge in [-0.3, -0.25) is 9.78 Å². The molecule has 0 radical (unpaired) electrons. The Balaban J connectivity index is 1.57. The molecular weight excluding hydrogens is 512 g/mol. The van der Waals surface area contributed by atoms with Crippen LogP contribution in [0.5, 0.6) is 0 Å². The van der Waals surface area contributed by atoms with Gasteiger partial charge in [0.25, 0.3) is 0 Å². The van der Waals surface area contributed by atoms with Gasteiger partial charge in [-0.15, -0.1) is 0 Å². The van der Waals surface area contributed by atoms with Crippen LogP contribution in [0.3, 0.4) is 0 Å². The molecule has 0 bridgehead atoms. The minimum absolute atomic E-state index is 0.0536. The highest BCUT2D eigenvalue weighted by molar-refractivity contribution is 7.80. The maximum absolute atomic E-state index is 12.3. The number of carbonyl (C=O) groups excluding carboxylic acids is 1. The molecule has 2 atom stereocenters. The fourth-order valence-corrected chi connectivity index (χ4v) is 5.02. The largest absolute Gasteiger partial charge is 0.478 e. The first-order chi connectivity index (χ1) is 18.7. The van der Waals surface area contributed by atoms with E-state index in [1.807, 2.05) is 68.1 Å². The average Bonchev–Trinajstić information content (AvgIpc) is 3.54. The third kappa shape index (κ3) is 5.13. The molecule has 1 amide bonds. The SMILES string of the molecule is Cc1cc(N2C(=S)NC(c3ccccn3)C2c2ccc(-c3ccccc3C(=O)O)o2)ccc1NC(=O)C(C)C. The van der Waals surface area contributed by atoms with Crippen LogP contribution >= 0.6 is 12.2 Å². The van der Waals surface area contributed by atoms with Crippen LogP contribution in [0.25, 0.3) is 11.3 Å². The van der Waals surface area contributed by atoms with Gasteiger partial charge in [0.2, 0.25) is 5.91 Å².